The molecule has 0 saturated heterocycles. The van der Waals surface area contributed by atoms with Crippen LogP contribution < -0.4 is 10.5 Å². The monoisotopic (exact) mass is 382 g/mol. The third-order valence-electron chi connectivity index (χ3n) is 3.04. The Hall–Kier alpha value is -1.70. The van der Waals surface area contributed by atoms with Crippen LogP contribution in [0.1, 0.15) is 12.0 Å². The van der Waals surface area contributed by atoms with Crippen molar-refractivity contribution < 1.29 is 13.2 Å². The molecule has 0 aliphatic rings. The van der Waals surface area contributed by atoms with Gasteiger partial charge in [0.05, 0.1) is 10.6 Å². The molecule has 0 heterocycles. The molecular weight excluding hydrogens is 368 g/mol. The molecule has 116 valence electrons. The molecule has 2 aromatic rings. The standard InChI is InChI=1S/C15H15BrN2O3S/c16-13-3-1-2-4-14(13)18-15(19)10-7-11-5-8-12(9-6-11)22(17,20)21/h1-6,8-9H,7,10H2,(H,18,19)(H2,17,20,21). The summed E-state index contributed by atoms with van der Waals surface area (Å²) in [5, 5.41) is 7.85. The van der Waals surface area contributed by atoms with Crippen molar-refractivity contribution in [3.8, 4) is 0 Å². The summed E-state index contributed by atoms with van der Waals surface area (Å²) < 4.78 is 23.1. The molecular formula is C15H15BrN2O3S. The fraction of sp³-hybridized carbons (Fsp3) is 0.133. The highest BCUT2D eigenvalue weighted by molar-refractivity contribution is 9.10. The molecule has 0 spiro atoms. The van der Waals surface area contributed by atoms with E-state index < -0.39 is 10.0 Å². The van der Waals surface area contributed by atoms with Gasteiger partial charge in [0.2, 0.25) is 15.9 Å². The zero-order chi connectivity index (χ0) is 16.2. The second kappa shape index (κ2) is 7.04. The van der Waals surface area contributed by atoms with E-state index >= 15 is 0 Å². The van der Waals surface area contributed by atoms with E-state index in [1.807, 2.05) is 24.3 Å². The molecule has 0 saturated carbocycles. The lowest BCUT2D eigenvalue weighted by atomic mass is 10.1. The predicted molar refractivity (Wildman–Crippen MR) is 88.9 cm³/mol. The normalized spacial score (nSPS) is 11.2. The van der Waals surface area contributed by atoms with Gasteiger partial charge in [-0.25, -0.2) is 13.6 Å². The van der Waals surface area contributed by atoms with Crippen molar-refractivity contribution in [3.05, 3.63) is 58.6 Å². The summed E-state index contributed by atoms with van der Waals surface area (Å²) in [7, 11) is -3.68. The Kier molecular flexibility index (Phi) is 5.33. The van der Waals surface area contributed by atoms with E-state index in [0.29, 0.717) is 12.8 Å². The Morgan fingerprint density at radius 3 is 2.32 bits per heavy atom. The second-order valence-corrected chi connectivity index (χ2v) is 7.13. The van der Waals surface area contributed by atoms with Crippen molar-refractivity contribution in [2.45, 2.75) is 17.7 Å². The Balaban J connectivity index is 1.93. The highest BCUT2D eigenvalue weighted by Gasteiger charge is 2.08. The van der Waals surface area contributed by atoms with Gasteiger partial charge in [-0.15, -0.1) is 0 Å². The molecule has 1 amide bonds. The number of rotatable bonds is 5. The molecule has 2 aromatic carbocycles. The minimum Gasteiger partial charge on any atom is -0.325 e. The summed E-state index contributed by atoms with van der Waals surface area (Å²) in [6.07, 6.45) is 0.817. The van der Waals surface area contributed by atoms with Crippen LogP contribution in [0.25, 0.3) is 0 Å². The second-order valence-electron chi connectivity index (χ2n) is 4.72. The number of hydrogen-bond donors (Lipinski definition) is 2. The Labute approximate surface area is 137 Å². The Morgan fingerprint density at radius 2 is 1.73 bits per heavy atom. The smallest absolute Gasteiger partial charge is 0.238 e. The summed E-state index contributed by atoms with van der Waals surface area (Å²) in [6, 6.07) is 13.6. The molecule has 0 radical (unpaired) electrons. The number of halogens is 1. The molecule has 0 unspecified atom stereocenters. The maximum Gasteiger partial charge on any atom is 0.238 e. The minimum atomic E-state index is -3.68. The van der Waals surface area contributed by atoms with Gasteiger partial charge in [0.25, 0.3) is 0 Å². The number of sulfonamides is 1. The van der Waals surface area contributed by atoms with Crippen LogP contribution in [0.2, 0.25) is 0 Å². The number of amides is 1. The first kappa shape index (κ1) is 16.7. The SMILES string of the molecule is NS(=O)(=O)c1ccc(CCC(=O)Nc2ccccc2Br)cc1. The lowest BCUT2D eigenvalue weighted by molar-refractivity contribution is -0.116. The fourth-order valence-corrected chi connectivity index (χ4v) is 2.78. The van der Waals surface area contributed by atoms with E-state index in [1.54, 1.807) is 12.1 Å². The van der Waals surface area contributed by atoms with Crippen LogP contribution in [0.15, 0.2) is 57.9 Å². The van der Waals surface area contributed by atoms with Crippen LogP contribution in [0, 0.1) is 0 Å². The number of nitrogens with one attached hydrogen (secondary N) is 1. The maximum atomic E-state index is 11.9. The predicted octanol–water partition coefficient (Wildman–Crippen LogP) is 2.67. The molecule has 7 heteroatoms. The summed E-state index contributed by atoms with van der Waals surface area (Å²) in [5.74, 6) is -0.109. The number of carbonyl (C=O) groups is 1. The molecule has 0 bridgehead atoms. The minimum absolute atomic E-state index is 0.0638. The summed E-state index contributed by atoms with van der Waals surface area (Å²) in [4.78, 5) is 12.0. The van der Waals surface area contributed by atoms with Crippen molar-refractivity contribution in [1.82, 2.24) is 0 Å². The number of anilines is 1. The number of benzene rings is 2. The average Bonchev–Trinajstić information content (AvgIpc) is 2.47. The number of nitrogens with two attached hydrogens (primary N) is 1. The number of carbonyl (C=O) groups excluding carboxylic acids is 1. The largest absolute Gasteiger partial charge is 0.325 e. The highest BCUT2D eigenvalue weighted by atomic mass is 79.9. The molecule has 5 nitrogen and oxygen atoms in total. The van der Waals surface area contributed by atoms with Crippen LogP contribution >= 0.6 is 15.9 Å². The number of aryl methyl sites for hydroxylation is 1. The summed E-state index contributed by atoms with van der Waals surface area (Å²) >= 11 is 3.36. The summed E-state index contributed by atoms with van der Waals surface area (Å²) in [5.41, 5.74) is 1.59. The Morgan fingerprint density at radius 1 is 1.09 bits per heavy atom. The van der Waals surface area contributed by atoms with Crippen molar-refractivity contribution in [3.63, 3.8) is 0 Å². The fourth-order valence-electron chi connectivity index (χ4n) is 1.88. The number of primary sulfonamides is 1. The third-order valence-corrected chi connectivity index (χ3v) is 4.66. The molecule has 0 aliphatic heterocycles. The van der Waals surface area contributed by atoms with Gasteiger partial charge < -0.3 is 5.32 Å². The Bertz CT molecular complexity index is 774. The van der Waals surface area contributed by atoms with Crippen molar-refractivity contribution in [2.24, 2.45) is 5.14 Å². The van der Waals surface area contributed by atoms with Gasteiger partial charge >= 0.3 is 0 Å². The quantitative estimate of drug-likeness (QED) is 0.832. The topological polar surface area (TPSA) is 89.3 Å². The lowest BCUT2D eigenvalue weighted by Crippen LogP contribution is -2.13. The lowest BCUT2D eigenvalue weighted by Gasteiger charge is -2.07. The van der Waals surface area contributed by atoms with Gasteiger partial charge in [-0.2, -0.15) is 0 Å². The van der Waals surface area contributed by atoms with Crippen LogP contribution in [0.4, 0.5) is 5.69 Å². The van der Waals surface area contributed by atoms with E-state index in [2.05, 4.69) is 21.2 Å². The van der Waals surface area contributed by atoms with Gasteiger partial charge in [0, 0.05) is 10.9 Å². The van der Waals surface area contributed by atoms with E-state index in [-0.39, 0.29) is 10.8 Å². The van der Waals surface area contributed by atoms with E-state index in [4.69, 9.17) is 5.14 Å². The van der Waals surface area contributed by atoms with Gasteiger partial charge in [-0.05, 0) is 52.2 Å². The van der Waals surface area contributed by atoms with Crippen molar-refractivity contribution >= 4 is 37.5 Å². The van der Waals surface area contributed by atoms with Gasteiger partial charge in [0.15, 0.2) is 0 Å². The van der Waals surface area contributed by atoms with Crippen molar-refractivity contribution in [2.75, 3.05) is 5.32 Å². The molecule has 2 rings (SSSR count). The third kappa shape index (κ3) is 4.66. The zero-order valence-electron chi connectivity index (χ0n) is 11.6. The van der Waals surface area contributed by atoms with Gasteiger partial charge in [-0.1, -0.05) is 24.3 Å². The van der Waals surface area contributed by atoms with E-state index in [9.17, 15) is 13.2 Å². The van der Waals surface area contributed by atoms with E-state index in [0.717, 1.165) is 15.7 Å². The summed E-state index contributed by atoms with van der Waals surface area (Å²) in [6.45, 7) is 0. The molecule has 3 N–H and O–H groups in total. The van der Waals surface area contributed by atoms with Crippen LogP contribution in [0.5, 0.6) is 0 Å². The number of para-hydroxylation sites is 1. The maximum absolute atomic E-state index is 11.9. The molecule has 0 aliphatic carbocycles. The van der Waals surface area contributed by atoms with Crippen LogP contribution in [-0.4, -0.2) is 14.3 Å². The zero-order valence-corrected chi connectivity index (χ0v) is 14.0. The molecule has 0 aromatic heterocycles. The van der Waals surface area contributed by atoms with Crippen molar-refractivity contribution in [1.29, 1.82) is 0 Å². The van der Waals surface area contributed by atoms with E-state index in [1.165, 1.54) is 12.1 Å². The molecule has 22 heavy (non-hydrogen) atoms. The average molecular weight is 383 g/mol. The highest BCUT2D eigenvalue weighted by Crippen LogP contribution is 2.21. The number of hydrogen-bond acceptors (Lipinski definition) is 3. The van der Waals surface area contributed by atoms with Crippen LogP contribution in [-0.2, 0) is 21.2 Å². The van der Waals surface area contributed by atoms with Gasteiger partial charge in [-0.3, -0.25) is 4.79 Å². The first-order chi connectivity index (χ1) is 10.4. The molecule has 0 fully saturated rings. The first-order valence-corrected chi connectivity index (χ1v) is 8.86. The molecule has 0 atom stereocenters. The van der Waals surface area contributed by atoms with Gasteiger partial charge in [0.1, 0.15) is 0 Å². The van der Waals surface area contributed by atoms with Crippen LogP contribution in [0.3, 0.4) is 0 Å². The first-order valence-electron chi connectivity index (χ1n) is 6.52.